The van der Waals surface area contributed by atoms with Gasteiger partial charge in [-0.3, -0.25) is 4.79 Å². The van der Waals surface area contributed by atoms with Gasteiger partial charge in [0.1, 0.15) is 0 Å². The monoisotopic (exact) mass is 366 g/mol. The average molecular weight is 367 g/mol. The molecular formula is C22H30N4O. The fraction of sp³-hybridized carbons (Fsp3) is 0.545. The van der Waals surface area contributed by atoms with Crippen LogP contribution in [-0.4, -0.2) is 44.5 Å². The maximum absolute atomic E-state index is 13.5. The van der Waals surface area contributed by atoms with Gasteiger partial charge in [0.2, 0.25) is 0 Å². The number of rotatable bonds is 3. The summed E-state index contributed by atoms with van der Waals surface area (Å²) < 4.78 is 1.84. The van der Waals surface area contributed by atoms with E-state index in [-0.39, 0.29) is 23.5 Å². The van der Waals surface area contributed by atoms with E-state index in [0.29, 0.717) is 5.82 Å². The number of imidazole rings is 1. The molecule has 0 spiro atoms. The number of likely N-dealkylation sites (tertiary alicyclic amines) is 1. The number of benzene rings is 1. The summed E-state index contributed by atoms with van der Waals surface area (Å²) in [5.41, 5.74) is 1.26. The first-order valence-corrected chi connectivity index (χ1v) is 10.2. The molecule has 1 aromatic carbocycles. The largest absolute Gasteiger partial charge is 0.330 e. The maximum atomic E-state index is 13.5. The molecule has 5 heteroatoms. The van der Waals surface area contributed by atoms with Gasteiger partial charge in [-0.2, -0.15) is 0 Å². The van der Waals surface area contributed by atoms with Crippen molar-refractivity contribution in [2.45, 2.75) is 63.1 Å². The Morgan fingerprint density at radius 1 is 1.26 bits per heavy atom. The molecule has 1 amide bonds. The number of fused-ring (bicyclic) bond motifs is 1. The third-order valence-electron chi connectivity index (χ3n) is 6.37. The van der Waals surface area contributed by atoms with Crippen molar-refractivity contribution in [2.24, 2.45) is 7.05 Å². The second-order valence-electron chi connectivity index (χ2n) is 8.33. The van der Waals surface area contributed by atoms with Crippen LogP contribution in [0.4, 0.5) is 0 Å². The molecule has 0 unspecified atom stereocenters. The second-order valence-corrected chi connectivity index (χ2v) is 8.33. The first kappa shape index (κ1) is 18.2. The van der Waals surface area contributed by atoms with Gasteiger partial charge in [0.25, 0.3) is 5.91 Å². The van der Waals surface area contributed by atoms with Crippen LogP contribution in [0.5, 0.6) is 0 Å². The Hall–Kier alpha value is -2.14. The second kappa shape index (κ2) is 7.47. The van der Waals surface area contributed by atoms with Crippen LogP contribution >= 0.6 is 0 Å². The predicted octanol–water partition coefficient (Wildman–Crippen LogP) is 3.17. The average Bonchev–Trinajstić information content (AvgIpc) is 3.18. The van der Waals surface area contributed by atoms with Crippen LogP contribution in [-0.2, 0) is 13.5 Å². The Morgan fingerprint density at radius 3 is 2.81 bits per heavy atom. The summed E-state index contributed by atoms with van der Waals surface area (Å²) >= 11 is 0. The van der Waals surface area contributed by atoms with Crippen LogP contribution in [0.1, 0.15) is 55.2 Å². The highest BCUT2D eigenvalue weighted by Crippen LogP contribution is 2.39. The zero-order chi connectivity index (χ0) is 18.9. The summed E-state index contributed by atoms with van der Waals surface area (Å²) in [5.74, 6) is 0.610. The molecule has 144 valence electrons. The van der Waals surface area contributed by atoms with E-state index >= 15 is 0 Å². The lowest BCUT2D eigenvalue weighted by atomic mass is 9.85. The van der Waals surface area contributed by atoms with Gasteiger partial charge >= 0.3 is 0 Å². The molecule has 3 heterocycles. The normalized spacial score (nSPS) is 28.4. The van der Waals surface area contributed by atoms with E-state index in [1.54, 1.807) is 6.20 Å². The van der Waals surface area contributed by atoms with E-state index in [1.165, 1.54) is 24.8 Å². The number of nitrogens with zero attached hydrogens (tertiary/aromatic N) is 3. The van der Waals surface area contributed by atoms with Crippen molar-refractivity contribution in [1.82, 2.24) is 19.8 Å². The topological polar surface area (TPSA) is 50.2 Å². The van der Waals surface area contributed by atoms with Crippen LogP contribution in [0.25, 0.3) is 0 Å². The third-order valence-corrected chi connectivity index (χ3v) is 6.37. The van der Waals surface area contributed by atoms with E-state index in [4.69, 9.17) is 0 Å². The molecule has 0 aliphatic carbocycles. The van der Waals surface area contributed by atoms with Crippen LogP contribution in [0, 0.1) is 0 Å². The highest BCUT2D eigenvalue weighted by atomic mass is 16.2. The molecule has 3 atom stereocenters. The lowest BCUT2D eigenvalue weighted by Gasteiger charge is -2.38. The number of aromatic nitrogens is 2. The summed E-state index contributed by atoms with van der Waals surface area (Å²) in [6, 6.07) is 11.0. The van der Waals surface area contributed by atoms with Crippen molar-refractivity contribution < 1.29 is 4.79 Å². The summed E-state index contributed by atoms with van der Waals surface area (Å²) in [6.07, 6.45) is 10.1. The van der Waals surface area contributed by atoms with Crippen molar-refractivity contribution in [3.05, 3.63) is 54.1 Å². The highest BCUT2D eigenvalue weighted by molar-refractivity contribution is 5.91. The van der Waals surface area contributed by atoms with E-state index in [2.05, 4.69) is 46.4 Å². The molecular weight excluding hydrogens is 336 g/mol. The minimum atomic E-state index is -0.0271. The van der Waals surface area contributed by atoms with E-state index in [0.717, 1.165) is 25.8 Å². The lowest BCUT2D eigenvalue weighted by molar-refractivity contribution is 0.0597. The van der Waals surface area contributed by atoms with Crippen molar-refractivity contribution in [1.29, 1.82) is 0 Å². The van der Waals surface area contributed by atoms with Crippen LogP contribution in [0.2, 0.25) is 0 Å². The van der Waals surface area contributed by atoms with Gasteiger partial charge in [-0.25, -0.2) is 4.98 Å². The van der Waals surface area contributed by atoms with Crippen molar-refractivity contribution in [3.8, 4) is 0 Å². The van der Waals surface area contributed by atoms with Gasteiger partial charge in [0.15, 0.2) is 5.82 Å². The zero-order valence-corrected chi connectivity index (χ0v) is 16.4. The predicted molar refractivity (Wildman–Crippen MR) is 107 cm³/mol. The van der Waals surface area contributed by atoms with Gasteiger partial charge in [-0.1, -0.05) is 43.2 Å². The third kappa shape index (κ3) is 3.53. The maximum Gasteiger partial charge on any atom is 0.290 e. The molecule has 0 radical (unpaired) electrons. The Labute approximate surface area is 161 Å². The molecule has 0 saturated carbocycles. The van der Waals surface area contributed by atoms with Gasteiger partial charge in [0.05, 0.1) is 6.04 Å². The Morgan fingerprint density at radius 2 is 2.07 bits per heavy atom. The number of amides is 1. The van der Waals surface area contributed by atoms with Gasteiger partial charge in [-0.15, -0.1) is 0 Å². The number of carbonyl (C=O) groups excluding carboxylic acids is 1. The molecule has 2 aromatic rings. The number of hydrogen-bond acceptors (Lipinski definition) is 3. The molecule has 4 rings (SSSR count). The van der Waals surface area contributed by atoms with E-state index in [1.807, 2.05) is 23.9 Å². The fourth-order valence-corrected chi connectivity index (χ4v) is 5.00. The standard InChI is InChI=1S/C22H30N4O/c1-22-16-18(15-17-9-5-3-6-10-17)26(19(22)11-7-4-8-12-24-22)21(27)20-23-13-14-25(20)2/h3,5-6,9-10,13-14,18-19,24H,4,7-8,11-12,15-16H2,1-2H3/t18-,19+,22+/m1/s1. The smallest absolute Gasteiger partial charge is 0.290 e. The summed E-state index contributed by atoms with van der Waals surface area (Å²) in [6.45, 7) is 3.35. The van der Waals surface area contributed by atoms with Crippen molar-refractivity contribution in [2.75, 3.05) is 6.54 Å². The van der Waals surface area contributed by atoms with Gasteiger partial charge < -0.3 is 14.8 Å². The Balaban J connectivity index is 1.69. The molecule has 2 fully saturated rings. The fourth-order valence-electron chi connectivity index (χ4n) is 5.00. The molecule has 1 N–H and O–H groups in total. The van der Waals surface area contributed by atoms with Crippen LogP contribution in [0.3, 0.4) is 0 Å². The Kier molecular flexibility index (Phi) is 5.04. The lowest BCUT2D eigenvalue weighted by Crippen LogP contribution is -2.55. The van der Waals surface area contributed by atoms with Gasteiger partial charge in [-0.05, 0) is 44.7 Å². The van der Waals surface area contributed by atoms with E-state index in [9.17, 15) is 4.79 Å². The first-order valence-electron chi connectivity index (χ1n) is 10.2. The number of hydrogen-bond donors (Lipinski definition) is 1. The van der Waals surface area contributed by atoms with Gasteiger partial charge in [0, 0.05) is 31.0 Å². The zero-order valence-electron chi connectivity index (χ0n) is 16.4. The van der Waals surface area contributed by atoms with Crippen molar-refractivity contribution in [3.63, 3.8) is 0 Å². The van der Waals surface area contributed by atoms with Crippen molar-refractivity contribution >= 4 is 5.91 Å². The number of nitrogens with one attached hydrogen (secondary N) is 1. The SMILES string of the molecule is Cn1ccnc1C(=O)N1[C@H](Cc2ccccc2)C[C@]2(C)NCCCCC[C@H]12. The van der Waals surface area contributed by atoms with Crippen LogP contribution in [0.15, 0.2) is 42.7 Å². The molecule has 27 heavy (non-hydrogen) atoms. The summed E-state index contributed by atoms with van der Waals surface area (Å²) in [7, 11) is 1.90. The minimum Gasteiger partial charge on any atom is -0.330 e. The first-order chi connectivity index (χ1) is 13.1. The minimum absolute atomic E-state index is 0.0271. The molecule has 0 bridgehead atoms. The molecule has 2 aliphatic rings. The molecule has 1 aromatic heterocycles. The number of carbonyl (C=O) groups is 1. The highest BCUT2D eigenvalue weighted by Gasteiger charge is 2.51. The Bertz CT molecular complexity index is 787. The number of aryl methyl sites for hydroxylation is 1. The van der Waals surface area contributed by atoms with E-state index < -0.39 is 0 Å². The molecule has 2 aliphatic heterocycles. The summed E-state index contributed by atoms with van der Waals surface area (Å²) in [4.78, 5) is 20.1. The summed E-state index contributed by atoms with van der Waals surface area (Å²) in [5, 5.41) is 3.80. The quantitative estimate of drug-likeness (QED) is 0.908. The molecule has 5 nitrogen and oxygen atoms in total. The molecule has 2 saturated heterocycles. The van der Waals surface area contributed by atoms with Crippen LogP contribution < -0.4 is 5.32 Å².